The third-order valence-electron chi connectivity index (χ3n) is 11.3. The lowest BCUT2D eigenvalue weighted by Crippen LogP contribution is -2.17. The maximum absolute atomic E-state index is 2.61. The smallest absolute Gasteiger partial charge is 0.0555 e. The zero-order valence-electron chi connectivity index (χ0n) is 27.6. The average molecular weight is 634 g/mol. The van der Waals surface area contributed by atoms with Crippen LogP contribution in [0.5, 0.6) is 0 Å². The van der Waals surface area contributed by atoms with Crippen molar-refractivity contribution < 1.29 is 0 Å². The second kappa shape index (κ2) is 9.69. The summed E-state index contributed by atoms with van der Waals surface area (Å²) in [5.41, 5.74) is 14.4. The summed E-state index contributed by atoms with van der Waals surface area (Å²) in [6.07, 6.45) is 0. The molecule has 2 heteroatoms. The second-order valence-corrected chi connectivity index (χ2v) is 15.5. The van der Waals surface area contributed by atoms with E-state index >= 15 is 0 Å². The minimum atomic E-state index is -0.0989. The fourth-order valence-corrected chi connectivity index (χ4v) is 10.2. The van der Waals surface area contributed by atoms with Crippen LogP contribution in [0.25, 0.3) is 53.2 Å². The van der Waals surface area contributed by atoms with Gasteiger partial charge in [0.2, 0.25) is 0 Å². The lowest BCUT2D eigenvalue weighted by atomic mass is 9.82. The van der Waals surface area contributed by atoms with Crippen LogP contribution >= 0.6 is 11.3 Å². The fourth-order valence-electron chi connectivity index (χ4n) is 8.95. The highest BCUT2D eigenvalue weighted by atomic mass is 32.1. The Kier molecular flexibility index (Phi) is 5.63. The molecule has 0 saturated heterocycles. The Morgan fingerprint density at radius 1 is 0.438 bits per heavy atom. The Hall–Kier alpha value is -5.18. The highest BCUT2D eigenvalue weighted by Gasteiger charge is 2.41. The van der Waals surface area contributed by atoms with Gasteiger partial charge in [-0.05, 0) is 63.0 Å². The number of rotatable bonds is 3. The molecule has 1 heterocycles. The zero-order valence-corrected chi connectivity index (χ0v) is 28.5. The quantitative estimate of drug-likeness (QED) is 0.187. The number of anilines is 3. The summed E-state index contributed by atoms with van der Waals surface area (Å²) in [5.74, 6) is 0. The molecule has 0 atom stereocenters. The lowest BCUT2D eigenvalue weighted by molar-refractivity contribution is 0.660. The van der Waals surface area contributed by atoms with Gasteiger partial charge < -0.3 is 4.90 Å². The molecule has 1 nitrogen and oxygen atoms in total. The number of hydrogen-bond donors (Lipinski definition) is 0. The normalized spacial score (nSPS) is 15.0. The van der Waals surface area contributed by atoms with Crippen molar-refractivity contribution in [2.24, 2.45) is 0 Å². The Morgan fingerprint density at radius 3 is 1.60 bits per heavy atom. The molecule has 0 spiro atoms. The van der Waals surface area contributed by atoms with Crippen molar-refractivity contribution in [3.05, 3.63) is 162 Å². The molecule has 1 aromatic heterocycles. The van der Waals surface area contributed by atoms with E-state index in [9.17, 15) is 0 Å². The van der Waals surface area contributed by atoms with Gasteiger partial charge in [-0.25, -0.2) is 0 Å². The van der Waals surface area contributed by atoms with Crippen molar-refractivity contribution in [2.45, 2.75) is 38.5 Å². The van der Waals surface area contributed by atoms with Gasteiger partial charge in [-0.2, -0.15) is 0 Å². The van der Waals surface area contributed by atoms with E-state index in [2.05, 4.69) is 172 Å². The van der Waals surface area contributed by atoms with Gasteiger partial charge in [0, 0.05) is 47.5 Å². The van der Waals surface area contributed by atoms with Crippen molar-refractivity contribution in [1.29, 1.82) is 0 Å². The molecule has 2 aliphatic carbocycles. The largest absolute Gasteiger partial charge is 0.309 e. The highest BCUT2D eigenvalue weighted by molar-refractivity contribution is 7.26. The molecule has 0 amide bonds. The Labute approximate surface area is 285 Å². The van der Waals surface area contributed by atoms with Gasteiger partial charge in [-0.3, -0.25) is 0 Å². The Balaban J connectivity index is 1.37. The van der Waals surface area contributed by atoms with Crippen LogP contribution in [0.1, 0.15) is 49.9 Å². The van der Waals surface area contributed by atoms with Crippen molar-refractivity contribution in [3.63, 3.8) is 0 Å². The minimum Gasteiger partial charge on any atom is -0.309 e. The standard InChI is InChI=1S/C46H35NS/c1-45(2)33-18-8-5-16-31(33)42-35(45)20-12-23-38(42)47(39-24-13-21-36-43(39)32-17-6-9-19-34(32)46(36,3)4)37-22-11-14-28-26-27-30-29-15-7-10-25-40(29)48-44(30)41(28)37/h5-27H,1-4H3. The van der Waals surface area contributed by atoms with E-state index in [0.717, 1.165) is 0 Å². The first-order valence-corrected chi connectivity index (χ1v) is 17.8. The molecule has 0 aliphatic heterocycles. The van der Waals surface area contributed by atoms with Crippen LogP contribution in [0.4, 0.5) is 17.1 Å². The minimum absolute atomic E-state index is 0.0989. The summed E-state index contributed by atoms with van der Waals surface area (Å²) in [7, 11) is 0. The first-order chi connectivity index (χ1) is 23.4. The SMILES string of the molecule is CC1(C)c2ccccc2-c2c(N(c3cccc4c3-c3ccccc3C4(C)C)c3cccc4ccc5c6ccccc6sc5c34)cccc21. The molecule has 0 N–H and O–H groups in total. The van der Waals surface area contributed by atoms with Crippen molar-refractivity contribution in [3.8, 4) is 22.3 Å². The fraction of sp³-hybridized carbons (Fsp3) is 0.130. The monoisotopic (exact) mass is 633 g/mol. The molecule has 0 saturated carbocycles. The molecule has 7 aromatic carbocycles. The van der Waals surface area contributed by atoms with Gasteiger partial charge >= 0.3 is 0 Å². The number of benzene rings is 7. The van der Waals surface area contributed by atoms with E-state index in [4.69, 9.17) is 0 Å². The Bertz CT molecular complexity index is 2530. The molecule has 10 rings (SSSR count). The molecule has 2 aliphatic rings. The molecular weight excluding hydrogens is 599 g/mol. The summed E-state index contributed by atoms with van der Waals surface area (Å²) in [6, 6.07) is 52.4. The van der Waals surface area contributed by atoms with Gasteiger partial charge in [-0.1, -0.05) is 143 Å². The summed E-state index contributed by atoms with van der Waals surface area (Å²) in [6.45, 7) is 9.51. The van der Waals surface area contributed by atoms with Crippen LogP contribution < -0.4 is 4.90 Å². The van der Waals surface area contributed by atoms with E-state index in [1.54, 1.807) is 0 Å². The van der Waals surface area contributed by atoms with Gasteiger partial charge in [0.25, 0.3) is 0 Å². The van der Waals surface area contributed by atoms with E-state index < -0.39 is 0 Å². The number of hydrogen-bond acceptors (Lipinski definition) is 2. The highest BCUT2D eigenvalue weighted by Crippen LogP contribution is 2.59. The summed E-state index contributed by atoms with van der Waals surface area (Å²) < 4.78 is 2.67. The second-order valence-electron chi connectivity index (χ2n) is 14.5. The molecule has 48 heavy (non-hydrogen) atoms. The van der Waals surface area contributed by atoms with Crippen LogP contribution in [0.3, 0.4) is 0 Å². The zero-order chi connectivity index (χ0) is 32.4. The molecule has 0 fully saturated rings. The number of nitrogens with zero attached hydrogens (tertiary/aromatic N) is 1. The molecule has 0 bridgehead atoms. The summed E-state index contributed by atoms with van der Waals surface area (Å²) in [4.78, 5) is 2.61. The van der Waals surface area contributed by atoms with Crippen LogP contribution in [-0.2, 0) is 10.8 Å². The maximum Gasteiger partial charge on any atom is 0.0555 e. The van der Waals surface area contributed by atoms with Crippen molar-refractivity contribution in [2.75, 3.05) is 4.90 Å². The molecule has 0 unspecified atom stereocenters. The molecular formula is C46H35NS. The average Bonchev–Trinajstić information content (AvgIpc) is 3.69. The van der Waals surface area contributed by atoms with Crippen molar-refractivity contribution >= 4 is 59.3 Å². The third-order valence-corrected chi connectivity index (χ3v) is 12.5. The first-order valence-electron chi connectivity index (χ1n) is 17.0. The third kappa shape index (κ3) is 3.56. The predicted molar refractivity (Wildman–Crippen MR) is 207 cm³/mol. The van der Waals surface area contributed by atoms with Crippen LogP contribution in [0, 0.1) is 0 Å². The van der Waals surface area contributed by atoms with Crippen LogP contribution in [0.2, 0.25) is 0 Å². The number of thiophene rings is 1. The Morgan fingerprint density at radius 2 is 0.958 bits per heavy atom. The van der Waals surface area contributed by atoms with E-state index in [1.807, 2.05) is 11.3 Å². The van der Waals surface area contributed by atoms with Gasteiger partial charge in [0.15, 0.2) is 0 Å². The van der Waals surface area contributed by atoms with Crippen LogP contribution in [0.15, 0.2) is 140 Å². The lowest BCUT2D eigenvalue weighted by Gasteiger charge is -2.32. The van der Waals surface area contributed by atoms with Gasteiger partial charge in [0.1, 0.15) is 0 Å². The van der Waals surface area contributed by atoms with Crippen molar-refractivity contribution in [1.82, 2.24) is 0 Å². The molecule has 0 radical (unpaired) electrons. The van der Waals surface area contributed by atoms with Crippen LogP contribution in [-0.4, -0.2) is 0 Å². The molecule has 8 aromatic rings. The first kappa shape index (κ1) is 27.9. The van der Waals surface area contributed by atoms with E-state index in [0.29, 0.717) is 0 Å². The van der Waals surface area contributed by atoms with E-state index in [1.165, 1.54) is 92.5 Å². The summed E-state index contributed by atoms with van der Waals surface area (Å²) >= 11 is 1.91. The summed E-state index contributed by atoms with van der Waals surface area (Å²) in [5, 5.41) is 5.22. The molecule has 230 valence electrons. The predicted octanol–water partition coefficient (Wildman–Crippen LogP) is 13.3. The topological polar surface area (TPSA) is 3.24 Å². The number of fused-ring (bicyclic) bond motifs is 11. The maximum atomic E-state index is 2.61. The van der Waals surface area contributed by atoms with E-state index in [-0.39, 0.29) is 10.8 Å². The van der Waals surface area contributed by atoms with Gasteiger partial charge in [-0.15, -0.1) is 11.3 Å². The van der Waals surface area contributed by atoms with Gasteiger partial charge in [0.05, 0.1) is 17.1 Å².